The van der Waals surface area contributed by atoms with Crippen molar-refractivity contribution in [2.24, 2.45) is 0 Å². The molecule has 1 aromatic heterocycles. The summed E-state index contributed by atoms with van der Waals surface area (Å²) < 4.78 is 5.35. The Hall–Kier alpha value is -3.09. The van der Waals surface area contributed by atoms with Crippen LogP contribution < -0.4 is 10.7 Å². The van der Waals surface area contributed by atoms with Gasteiger partial charge < -0.3 is 14.8 Å². The quantitative estimate of drug-likeness (QED) is 0.625. The van der Waals surface area contributed by atoms with Gasteiger partial charge in [-0.05, 0) is 56.2 Å². The second-order valence-electron chi connectivity index (χ2n) is 7.40. The van der Waals surface area contributed by atoms with Crippen molar-refractivity contribution in [3.05, 3.63) is 87.8 Å². The molecule has 1 amide bonds. The Kier molecular flexibility index (Phi) is 5.61. The van der Waals surface area contributed by atoms with Crippen molar-refractivity contribution in [1.29, 1.82) is 0 Å². The molecule has 1 aliphatic heterocycles. The third-order valence-corrected chi connectivity index (χ3v) is 5.54. The molecule has 7 heteroatoms. The number of hydrogen-bond acceptors (Lipinski definition) is 5. The molecule has 0 aliphatic carbocycles. The number of carbonyl (C=O) groups is 1. The predicted octanol–water partition coefficient (Wildman–Crippen LogP) is 4.67. The van der Waals surface area contributed by atoms with Gasteiger partial charge >= 0.3 is 0 Å². The third kappa shape index (κ3) is 4.10. The molecule has 0 spiro atoms. The maximum atomic E-state index is 12.8. The van der Waals surface area contributed by atoms with Crippen LogP contribution in [-0.2, 0) is 6.54 Å². The Morgan fingerprint density at radius 3 is 2.67 bits per heavy atom. The number of nitrogens with one attached hydrogen (secondary N) is 2. The number of allylic oxidation sites excluding steroid dienone is 1. The highest BCUT2D eigenvalue weighted by atomic mass is 35.5. The van der Waals surface area contributed by atoms with Gasteiger partial charge in [-0.15, -0.1) is 0 Å². The molecular formula is C23H23ClN4O2. The van der Waals surface area contributed by atoms with Gasteiger partial charge in [-0.3, -0.25) is 4.79 Å². The Morgan fingerprint density at radius 2 is 1.93 bits per heavy atom. The van der Waals surface area contributed by atoms with Gasteiger partial charge in [-0.25, -0.2) is 5.43 Å². The van der Waals surface area contributed by atoms with Crippen molar-refractivity contribution in [1.82, 2.24) is 20.9 Å². The van der Waals surface area contributed by atoms with Crippen LogP contribution in [0.4, 0.5) is 0 Å². The first-order chi connectivity index (χ1) is 14.4. The molecule has 1 aliphatic rings. The summed E-state index contributed by atoms with van der Waals surface area (Å²) in [5, 5.41) is 9.62. The predicted molar refractivity (Wildman–Crippen MR) is 116 cm³/mol. The van der Waals surface area contributed by atoms with E-state index in [9.17, 15) is 4.79 Å². The second-order valence-corrected chi connectivity index (χ2v) is 7.84. The fourth-order valence-corrected chi connectivity index (χ4v) is 3.62. The van der Waals surface area contributed by atoms with Crippen LogP contribution in [0.15, 0.2) is 70.5 Å². The molecular weight excluding hydrogens is 400 g/mol. The van der Waals surface area contributed by atoms with Crippen LogP contribution in [0.3, 0.4) is 0 Å². The van der Waals surface area contributed by atoms with E-state index in [0.717, 1.165) is 17.0 Å². The zero-order valence-electron chi connectivity index (χ0n) is 17.1. The summed E-state index contributed by atoms with van der Waals surface area (Å²) >= 11 is 5.92. The van der Waals surface area contributed by atoms with Crippen LogP contribution in [0.25, 0.3) is 11.3 Å². The number of rotatable bonds is 5. The van der Waals surface area contributed by atoms with Crippen molar-refractivity contribution in [2.75, 3.05) is 0 Å². The molecule has 30 heavy (non-hydrogen) atoms. The number of hydrogen-bond donors (Lipinski definition) is 2. The van der Waals surface area contributed by atoms with Crippen LogP contribution >= 0.6 is 11.6 Å². The molecule has 4 rings (SSSR count). The van der Waals surface area contributed by atoms with Crippen LogP contribution in [0.1, 0.15) is 35.5 Å². The first kappa shape index (κ1) is 20.2. The first-order valence-electron chi connectivity index (χ1n) is 9.75. The number of benzene rings is 2. The summed E-state index contributed by atoms with van der Waals surface area (Å²) in [6.45, 7) is 6.82. The van der Waals surface area contributed by atoms with Gasteiger partial charge in [0.25, 0.3) is 5.91 Å². The SMILES string of the molecule is CC1=C(NC(=O)c2cc(-c3ccc(Cl)cc3)on2)C(C)NN1Cc1ccccc1C. The summed E-state index contributed by atoms with van der Waals surface area (Å²) in [7, 11) is 0. The van der Waals surface area contributed by atoms with E-state index in [1.54, 1.807) is 18.2 Å². The Labute approximate surface area is 180 Å². The number of aryl methyl sites for hydroxylation is 1. The van der Waals surface area contributed by atoms with Crippen LogP contribution in [0.5, 0.6) is 0 Å². The zero-order valence-corrected chi connectivity index (χ0v) is 17.8. The summed E-state index contributed by atoms with van der Waals surface area (Å²) in [4.78, 5) is 12.8. The monoisotopic (exact) mass is 422 g/mol. The summed E-state index contributed by atoms with van der Waals surface area (Å²) in [5.74, 6) is 0.209. The van der Waals surface area contributed by atoms with E-state index in [-0.39, 0.29) is 17.6 Å². The molecule has 0 saturated heterocycles. The Morgan fingerprint density at radius 1 is 1.20 bits per heavy atom. The maximum absolute atomic E-state index is 12.8. The van der Waals surface area contributed by atoms with Crippen molar-refractivity contribution >= 4 is 17.5 Å². The molecule has 2 heterocycles. The third-order valence-electron chi connectivity index (χ3n) is 5.29. The normalized spacial score (nSPS) is 16.3. The highest BCUT2D eigenvalue weighted by Crippen LogP contribution is 2.24. The summed E-state index contributed by atoms with van der Waals surface area (Å²) in [5.41, 5.74) is 8.70. The topological polar surface area (TPSA) is 70.4 Å². The summed E-state index contributed by atoms with van der Waals surface area (Å²) in [6, 6.07) is 17.1. The van der Waals surface area contributed by atoms with E-state index in [1.165, 1.54) is 11.1 Å². The highest BCUT2D eigenvalue weighted by Gasteiger charge is 2.28. The molecule has 0 radical (unpaired) electrons. The summed E-state index contributed by atoms with van der Waals surface area (Å²) in [6.07, 6.45) is 0. The maximum Gasteiger partial charge on any atom is 0.277 e. The van der Waals surface area contributed by atoms with Gasteiger partial charge in [0.05, 0.1) is 18.3 Å². The number of aromatic nitrogens is 1. The second kappa shape index (κ2) is 8.34. The van der Waals surface area contributed by atoms with Crippen molar-refractivity contribution in [3.8, 4) is 11.3 Å². The average Bonchev–Trinajstić information content (AvgIpc) is 3.32. The van der Waals surface area contributed by atoms with Crippen molar-refractivity contribution < 1.29 is 9.32 Å². The van der Waals surface area contributed by atoms with Crippen LogP contribution in [-0.4, -0.2) is 22.1 Å². The van der Waals surface area contributed by atoms with Crippen LogP contribution in [0.2, 0.25) is 5.02 Å². The number of hydrazine groups is 1. The van der Waals surface area contributed by atoms with E-state index < -0.39 is 0 Å². The molecule has 6 nitrogen and oxygen atoms in total. The molecule has 3 aromatic rings. The van der Waals surface area contributed by atoms with Gasteiger partial charge in [-0.1, -0.05) is 41.0 Å². The van der Waals surface area contributed by atoms with Gasteiger partial charge in [0.15, 0.2) is 11.5 Å². The lowest BCUT2D eigenvalue weighted by atomic mass is 10.1. The van der Waals surface area contributed by atoms with E-state index in [4.69, 9.17) is 16.1 Å². The average molecular weight is 423 g/mol. The molecule has 1 unspecified atom stereocenters. The Balaban J connectivity index is 1.49. The highest BCUT2D eigenvalue weighted by molar-refractivity contribution is 6.30. The minimum Gasteiger partial charge on any atom is -0.355 e. The largest absolute Gasteiger partial charge is 0.355 e. The number of carbonyl (C=O) groups excluding carboxylic acids is 1. The molecule has 1 atom stereocenters. The number of amides is 1. The molecule has 0 saturated carbocycles. The minimum absolute atomic E-state index is 0.0272. The van der Waals surface area contributed by atoms with Gasteiger partial charge in [0.1, 0.15) is 0 Å². The van der Waals surface area contributed by atoms with E-state index in [0.29, 0.717) is 17.3 Å². The number of halogens is 1. The van der Waals surface area contributed by atoms with Crippen molar-refractivity contribution in [2.45, 2.75) is 33.4 Å². The van der Waals surface area contributed by atoms with Gasteiger partial charge in [0, 0.05) is 22.3 Å². The molecule has 2 N–H and O–H groups in total. The van der Waals surface area contributed by atoms with Gasteiger partial charge in [-0.2, -0.15) is 0 Å². The standard InChI is InChI=1S/C23H23ClN4O2/c1-14-6-4-5-7-18(14)13-28-16(3)22(15(2)26-28)25-23(29)20-12-21(30-27-20)17-8-10-19(24)11-9-17/h4-12,15,26H,13H2,1-3H3,(H,25,29). The first-order valence-corrected chi connectivity index (χ1v) is 10.1. The van der Waals surface area contributed by atoms with E-state index in [1.807, 2.05) is 38.1 Å². The lowest BCUT2D eigenvalue weighted by molar-refractivity contribution is 0.0954. The van der Waals surface area contributed by atoms with Crippen molar-refractivity contribution in [3.63, 3.8) is 0 Å². The smallest absolute Gasteiger partial charge is 0.277 e. The number of nitrogens with zero attached hydrogens (tertiary/aromatic N) is 2. The molecule has 0 bridgehead atoms. The lowest BCUT2D eigenvalue weighted by Gasteiger charge is -2.22. The zero-order chi connectivity index (χ0) is 21.3. The fourth-order valence-electron chi connectivity index (χ4n) is 3.49. The molecule has 154 valence electrons. The van der Waals surface area contributed by atoms with E-state index in [2.05, 4.69) is 40.0 Å². The lowest BCUT2D eigenvalue weighted by Crippen LogP contribution is -2.37. The minimum atomic E-state index is -0.306. The Bertz CT molecular complexity index is 1100. The molecule has 0 fully saturated rings. The van der Waals surface area contributed by atoms with Crippen LogP contribution in [0, 0.1) is 6.92 Å². The van der Waals surface area contributed by atoms with Gasteiger partial charge in [0.2, 0.25) is 0 Å². The molecule has 2 aromatic carbocycles. The van der Waals surface area contributed by atoms with E-state index >= 15 is 0 Å². The fraction of sp³-hybridized carbons (Fsp3) is 0.217.